The van der Waals surface area contributed by atoms with E-state index in [2.05, 4.69) is 15.6 Å². The van der Waals surface area contributed by atoms with Crippen LogP contribution < -0.4 is 10.6 Å². The number of alkyl halides is 3. The van der Waals surface area contributed by atoms with E-state index in [1.807, 2.05) is 0 Å². The molecule has 1 aliphatic carbocycles. The average molecular weight is 431 g/mol. The van der Waals surface area contributed by atoms with E-state index in [0.29, 0.717) is 36.8 Å². The summed E-state index contributed by atoms with van der Waals surface area (Å²) in [4.78, 5) is 16.0. The largest absolute Gasteiger partial charge is 0.433 e. The summed E-state index contributed by atoms with van der Waals surface area (Å²) < 4.78 is 53.6. The first-order valence-electron chi connectivity index (χ1n) is 10.1. The molecule has 1 aromatic heterocycles. The molecule has 1 amide bonds. The summed E-state index contributed by atoms with van der Waals surface area (Å²) >= 11 is 0. The number of nitrogens with zero attached hydrogens (tertiary/aromatic N) is 1. The van der Waals surface area contributed by atoms with Crippen LogP contribution in [0.1, 0.15) is 41.7 Å². The van der Waals surface area contributed by atoms with Gasteiger partial charge in [0.1, 0.15) is 11.5 Å². The van der Waals surface area contributed by atoms with Gasteiger partial charge in [0.2, 0.25) is 0 Å². The molecule has 0 spiro atoms. The second-order valence-corrected chi connectivity index (χ2v) is 7.72. The fraction of sp³-hybridized carbons (Fsp3) is 0.304. The molecule has 0 radical (unpaired) electrons. The third-order valence-corrected chi connectivity index (χ3v) is 5.55. The lowest BCUT2D eigenvalue weighted by Crippen LogP contribution is -2.40. The lowest BCUT2D eigenvalue weighted by atomic mass is 9.90. The Balaban J connectivity index is 1.43. The maximum atomic E-state index is 13.8. The van der Waals surface area contributed by atoms with E-state index < -0.39 is 23.6 Å². The number of amides is 1. The highest BCUT2D eigenvalue weighted by atomic mass is 19.4. The standard InChI is InChI=1S/C23H21F4N3O/c24-18-7-3-1-5-16(18)22(31)29-15-11-9-14(10-12-15)28-20-13-21(23(25,26)27)30-19-8-4-2-6-17(19)20/h1-8,13-15H,9-12H2,(H,28,30)(H,29,31). The van der Waals surface area contributed by atoms with E-state index in [0.717, 1.165) is 6.07 Å². The summed E-state index contributed by atoms with van der Waals surface area (Å²) in [5.41, 5.74) is -0.243. The second-order valence-electron chi connectivity index (χ2n) is 7.72. The van der Waals surface area contributed by atoms with Gasteiger partial charge in [0.25, 0.3) is 5.91 Å². The number of para-hydroxylation sites is 1. The fourth-order valence-corrected chi connectivity index (χ4v) is 3.95. The number of rotatable bonds is 4. The van der Waals surface area contributed by atoms with Crippen LogP contribution in [-0.2, 0) is 6.18 Å². The Morgan fingerprint density at radius 1 is 0.935 bits per heavy atom. The molecule has 1 saturated carbocycles. The highest BCUT2D eigenvalue weighted by Gasteiger charge is 2.34. The molecule has 0 bridgehead atoms. The molecule has 0 unspecified atom stereocenters. The predicted octanol–water partition coefficient (Wildman–Crippen LogP) is 5.55. The van der Waals surface area contributed by atoms with Crippen LogP contribution >= 0.6 is 0 Å². The number of fused-ring (bicyclic) bond motifs is 1. The van der Waals surface area contributed by atoms with Gasteiger partial charge in [-0.15, -0.1) is 0 Å². The van der Waals surface area contributed by atoms with Crippen molar-refractivity contribution in [2.75, 3.05) is 5.32 Å². The van der Waals surface area contributed by atoms with Crippen LogP contribution in [0.3, 0.4) is 0 Å². The van der Waals surface area contributed by atoms with Gasteiger partial charge >= 0.3 is 6.18 Å². The summed E-state index contributed by atoms with van der Waals surface area (Å²) in [5, 5.41) is 6.72. The number of aromatic nitrogens is 1. The Kier molecular flexibility index (Phi) is 5.80. The van der Waals surface area contributed by atoms with Gasteiger partial charge in [-0.3, -0.25) is 4.79 Å². The number of hydrogen-bond acceptors (Lipinski definition) is 3. The van der Waals surface area contributed by atoms with Crippen molar-refractivity contribution in [3.63, 3.8) is 0 Å². The molecular formula is C23H21F4N3O. The Labute approximate surface area is 176 Å². The predicted molar refractivity (Wildman–Crippen MR) is 110 cm³/mol. The van der Waals surface area contributed by atoms with Crippen LogP contribution in [0.15, 0.2) is 54.6 Å². The van der Waals surface area contributed by atoms with Crippen LogP contribution in [0.2, 0.25) is 0 Å². The van der Waals surface area contributed by atoms with Crippen LogP contribution in [0.25, 0.3) is 10.9 Å². The molecule has 4 rings (SSSR count). The molecule has 2 aromatic carbocycles. The first kappa shape index (κ1) is 21.1. The van der Waals surface area contributed by atoms with Gasteiger partial charge in [0.15, 0.2) is 0 Å². The minimum atomic E-state index is -4.53. The Morgan fingerprint density at radius 3 is 2.29 bits per heavy atom. The van der Waals surface area contributed by atoms with Gasteiger partial charge in [0, 0.05) is 23.2 Å². The maximum absolute atomic E-state index is 13.8. The smallest absolute Gasteiger partial charge is 0.382 e. The molecule has 1 aliphatic rings. The molecule has 0 atom stereocenters. The monoisotopic (exact) mass is 431 g/mol. The highest BCUT2D eigenvalue weighted by Crippen LogP contribution is 2.34. The van der Waals surface area contributed by atoms with E-state index in [4.69, 9.17) is 0 Å². The quantitative estimate of drug-likeness (QED) is 0.533. The molecule has 4 nitrogen and oxygen atoms in total. The summed E-state index contributed by atoms with van der Waals surface area (Å²) in [5.74, 6) is -1.02. The molecule has 8 heteroatoms. The molecule has 3 aromatic rings. The van der Waals surface area contributed by atoms with E-state index in [9.17, 15) is 22.4 Å². The first-order chi connectivity index (χ1) is 14.8. The second kappa shape index (κ2) is 8.53. The maximum Gasteiger partial charge on any atom is 0.433 e. The van der Waals surface area contributed by atoms with E-state index in [1.165, 1.54) is 18.2 Å². The lowest BCUT2D eigenvalue weighted by molar-refractivity contribution is -0.140. The number of carbonyl (C=O) groups excluding carboxylic acids is 1. The van der Waals surface area contributed by atoms with E-state index in [1.54, 1.807) is 30.3 Å². The van der Waals surface area contributed by atoms with Gasteiger partial charge in [-0.05, 0) is 49.9 Å². The third-order valence-electron chi connectivity index (χ3n) is 5.55. The topological polar surface area (TPSA) is 54.0 Å². The molecule has 162 valence electrons. The number of nitrogens with one attached hydrogen (secondary N) is 2. The van der Waals surface area contributed by atoms with Crippen molar-refractivity contribution >= 4 is 22.5 Å². The number of halogens is 4. The third kappa shape index (κ3) is 4.78. The average Bonchev–Trinajstić information content (AvgIpc) is 2.74. The minimum absolute atomic E-state index is 0.00526. The molecule has 0 aliphatic heterocycles. The number of carbonyl (C=O) groups is 1. The zero-order valence-corrected chi connectivity index (χ0v) is 16.5. The van der Waals surface area contributed by atoms with Crippen molar-refractivity contribution in [1.29, 1.82) is 0 Å². The van der Waals surface area contributed by atoms with E-state index >= 15 is 0 Å². The first-order valence-corrected chi connectivity index (χ1v) is 10.1. The summed E-state index contributed by atoms with van der Waals surface area (Å²) in [7, 11) is 0. The molecule has 1 fully saturated rings. The van der Waals surface area contributed by atoms with Crippen LogP contribution in [-0.4, -0.2) is 23.0 Å². The van der Waals surface area contributed by atoms with Crippen LogP contribution in [0.4, 0.5) is 23.2 Å². The Bertz CT molecular complexity index is 1090. The van der Waals surface area contributed by atoms with Crippen molar-refractivity contribution in [2.45, 2.75) is 43.9 Å². The SMILES string of the molecule is O=C(NC1CCC(Nc2cc(C(F)(F)F)nc3ccccc23)CC1)c1ccccc1F. The molecule has 0 saturated heterocycles. The number of hydrogen-bond donors (Lipinski definition) is 2. The van der Waals surface area contributed by atoms with Crippen molar-refractivity contribution in [3.05, 3.63) is 71.7 Å². The van der Waals surface area contributed by atoms with Gasteiger partial charge < -0.3 is 10.6 Å². The highest BCUT2D eigenvalue weighted by molar-refractivity contribution is 5.94. The Hall–Kier alpha value is -3.16. The van der Waals surface area contributed by atoms with E-state index in [-0.39, 0.29) is 23.2 Å². The fourth-order valence-electron chi connectivity index (χ4n) is 3.95. The number of anilines is 1. The summed E-state index contributed by atoms with van der Waals surface area (Å²) in [6.07, 6.45) is -1.91. The van der Waals surface area contributed by atoms with Crippen molar-refractivity contribution in [3.8, 4) is 0 Å². The van der Waals surface area contributed by atoms with Crippen LogP contribution in [0, 0.1) is 5.82 Å². The zero-order chi connectivity index (χ0) is 22.0. The van der Waals surface area contributed by atoms with Crippen molar-refractivity contribution < 1.29 is 22.4 Å². The van der Waals surface area contributed by atoms with Crippen molar-refractivity contribution in [1.82, 2.24) is 10.3 Å². The summed E-state index contributed by atoms with van der Waals surface area (Å²) in [6.45, 7) is 0. The van der Waals surface area contributed by atoms with Crippen molar-refractivity contribution in [2.24, 2.45) is 0 Å². The molecule has 2 N–H and O–H groups in total. The zero-order valence-electron chi connectivity index (χ0n) is 16.5. The lowest BCUT2D eigenvalue weighted by Gasteiger charge is -2.30. The molecular weight excluding hydrogens is 410 g/mol. The number of pyridine rings is 1. The summed E-state index contributed by atoms with van der Waals surface area (Å²) in [6, 6.07) is 13.4. The molecule has 31 heavy (non-hydrogen) atoms. The van der Waals surface area contributed by atoms with Gasteiger partial charge in [-0.2, -0.15) is 13.2 Å². The van der Waals surface area contributed by atoms with Gasteiger partial charge in [-0.25, -0.2) is 9.37 Å². The minimum Gasteiger partial charge on any atom is -0.382 e. The number of benzene rings is 2. The van der Waals surface area contributed by atoms with Gasteiger partial charge in [0.05, 0.1) is 11.1 Å². The Morgan fingerprint density at radius 2 is 1.58 bits per heavy atom. The normalized spacial score (nSPS) is 19.2. The van der Waals surface area contributed by atoms with Crippen LogP contribution in [0.5, 0.6) is 0 Å². The van der Waals surface area contributed by atoms with Gasteiger partial charge in [-0.1, -0.05) is 30.3 Å². The molecule has 1 heterocycles.